The van der Waals surface area contributed by atoms with Gasteiger partial charge in [-0.15, -0.1) is 0 Å². The fraction of sp³-hybridized carbons (Fsp3) is 0.438. The summed E-state index contributed by atoms with van der Waals surface area (Å²) in [5, 5.41) is 8.64. The number of carboxylic acids is 1. The summed E-state index contributed by atoms with van der Waals surface area (Å²) in [4.78, 5) is 10.5. The van der Waals surface area contributed by atoms with Gasteiger partial charge in [-0.2, -0.15) is 0 Å². The number of aliphatic carboxylic acids is 1. The summed E-state index contributed by atoms with van der Waals surface area (Å²) >= 11 is 0. The molecule has 0 aliphatic carbocycles. The molecule has 0 bridgehead atoms. The largest absolute Gasteiger partial charge is 0.478 e. The van der Waals surface area contributed by atoms with Crippen molar-refractivity contribution in [3.8, 4) is 0 Å². The maximum absolute atomic E-state index is 10.5. The Morgan fingerprint density at radius 2 is 2.05 bits per heavy atom. The van der Waals surface area contributed by atoms with Gasteiger partial charge < -0.3 is 9.84 Å². The molecule has 0 aromatic heterocycles. The fourth-order valence-electron chi connectivity index (χ4n) is 1.80. The molecule has 0 amide bonds. The molecule has 0 fully saturated rings. The minimum Gasteiger partial charge on any atom is -0.478 e. The molecule has 0 aliphatic heterocycles. The highest BCUT2D eigenvalue weighted by Crippen LogP contribution is 2.12. The second kappa shape index (κ2) is 9.34. The van der Waals surface area contributed by atoms with E-state index in [0.29, 0.717) is 6.61 Å². The van der Waals surface area contributed by atoms with Gasteiger partial charge >= 0.3 is 5.97 Å². The van der Waals surface area contributed by atoms with Gasteiger partial charge in [-0.3, -0.25) is 0 Å². The molecular formula is C16H22O3. The molecule has 0 aliphatic rings. The van der Waals surface area contributed by atoms with Gasteiger partial charge in [-0.25, -0.2) is 4.79 Å². The summed E-state index contributed by atoms with van der Waals surface area (Å²) in [5.74, 6) is -0.935. The molecule has 1 aromatic carbocycles. The van der Waals surface area contributed by atoms with Gasteiger partial charge in [0.1, 0.15) is 0 Å². The van der Waals surface area contributed by atoms with Crippen LogP contribution in [-0.2, 0) is 16.1 Å². The Morgan fingerprint density at radius 3 is 2.79 bits per heavy atom. The van der Waals surface area contributed by atoms with Crippen LogP contribution in [0.3, 0.4) is 0 Å². The Labute approximate surface area is 114 Å². The van der Waals surface area contributed by atoms with Crippen LogP contribution >= 0.6 is 0 Å². The third-order valence-electron chi connectivity index (χ3n) is 2.86. The van der Waals surface area contributed by atoms with Crippen LogP contribution in [-0.4, -0.2) is 17.7 Å². The number of benzene rings is 1. The van der Waals surface area contributed by atoms with Gasteiger partial charge in [-0.05, 0) is 23.6 Å². The predicted molar refractivity (Wildman–Crippen MR) is 76.9 cm³/mol. The normalized spacial score (nSPS) is 11.0. The second-order valence-corrected chi connectivity index (χ2v) is 4.48. The van der Waals surface area contributed by atoms with Crippen molar-refractivity contribution in [2.75, 3.05) is 6.61 Å². The van der Waals surface area contributed by atoms with Crippen LogP contribution in [0.1, 0.15) is 43.7 Å². The van der Waals surface area contributed by atoms with Gasteiger partial charge in [0, 0.05) is 12.7 Å². The Balaban J connectivity index is 2.42. The number of hydrogen-bond donors (Lipinski definition) is 1. The molecule has 3 heteroatoms. The fourth-order valence-corrected chi connectivity index (χ4v) is 1.80. The lowest BCUT2D eigenvalue weighted by Gasteiger charge is -2.07. The van der Waals surface area contributed by atoms with E-state index >= 15 is 0 Å². The first-order valence-electron chi connectivity index (χ1n) is 6.80. The summed E-state index contributed by atoms with van der Waals surface area (Å²) in [6.45, 7) is 3.48. The highest BCUT2D eigenvalue weighted by molar-refractivity contribution is 5.85. The zero-order chi connectivity index (χ0) is 13.9. The number of ether oxygens (including phenoxy) is 1. The molecule has 3 nitrogen and oxygen atoms in total. The van der Waals surface area contributed by atoms with E-state index in [1.165, 1.54) is 19.3 Å². The van der Waals surface area contributed by atoms with E-state index in [9.17, 15) is 4.79 Å². The van der Waals surface area contributed by atoms with Gasteiger partial charge in [-0.1, -0.05) is 50.5 Å². The summed E-state index contributed by atoms with van der Waals surface area (Å²) in [6.07, 6.45) is 7.53. The first-order chi connectivity index (χ1) is 9.24. The molecule has 1 rings (SSSR count). The van der Waals surface area contributed by atoms with E-state index < -0.39 is 5.97 Å². The maximum atomic E-state index is 10.5. The minimum absolute atomic E-state index is 0.534. The van der Waals surface area contributed by atoms with Crippen molar-refractivity contribution in [1.82, 2.24) is 0 Å². The molecular weight excluding hydrogens is 240 g/mol. The van der Waals surface area contributed by atoms with Gasteiger partial charge in [0.05, 0.1) is 6.61 Å². The standard InChI is InChI=1S/C16H22O3/c1-2-3-4-7-12-19-13-15-9-6-5-8-14(15)10-11-16(17)18/h5-6,8-11H,2-4,7,12-13H2,1H3,(H,17,18)/b11-10+. The van der Waals surface area contributed by atoms with Crippen molar-refractivity contribution in [1.29, 1.82) is 0 Å². The highest BCUT2D eigenvalue weighted by Gasteiger charge is 1.99. The van der Waals surface area contributed by atoms with Gasteiger partial charge in [0.15, 0.2) is 0 Å². The third-order valence-corrected chi connectivity index (χ3v) is 2.86. The third kappa shape index (κ3) is 6.77. The Morgan fingerprint density at radius 1 is 1.26 bits per heavy atom. The number of hydrogen-bond acceptors (Lipinski definition) is 2. The summed E-state index contributed by atoms with van der Waals surface area (Å²) in [5.41, 5.74) is 1.92. The van der Waals surface area contributed by atoms with Gasteiger partial charge in [0.25, 0.3) is 0 Å². The molecule has 0 spiro atoms. The number of carbonyl (C=O) groups is 1. The Bertz CT molecular complexity index is 410. The van der Waals surface area contributed by atoms with Crippen LogP contribution in [0.5, 0.6) is 0 Å². The van der Waals surface area contributed by atoms with Gasteiger partial charge in [0.2, 0.25) is 0 Å². The first kappa shape index (κ1) is 15.4. The molecule has 104 valence electrons. The molecule has 19 heavy (non-hydrogen) atoms. The molecule has 0 unspecified atom stereocenters. The van der Waals surface area contributed by atoms with Crippen LogP contribution in [0.4, 0.5) is 0 Å². The van der Waals surface area contributed by atoms with Crippen LogP contribution < -0.4 is 0 Å². The van der Waals surface area contributed by atoms with Crippen LogP contribution in [0.2, 0.25) is 0 Å². The van der Waals surface area contributed by atoms with E-state index in [2.05, 4.69) is 6.92 Å². The predicted octanol–water partition coefficient (Wildman–Crippen LogP) is 3.88. The topological polar surface area (TPSA) is 46.5 Å². The zero-order valence-electron chi connectivity index (χ0n) is 11.5. The number of rotatable bonds is 9. The van der Waals surface area contributed by atoms with Crippen LogP contribution in [0.25, 0.3) is 6.08 Å². The van der Waals surface area contributed by atoms with E-state index in [-0.39, 0.29) is 0 Å². The second-order valence-electron chi connectivity index (χ2n) is 4.48. The van der Waals surface area contributed by atoms with E-state index in [1.54, 1.807) is 6.08 Å². The quantitative estimate of drug-likeness (QED) is 0.542. The van der Waals surface area contributed by atoms with Crippen LogP contribution in [0.15, 0.2) is 30.3 Å². The zero-order valence-corrected chi connectivity index (χ0v) is 11.5. The van der Waals surface area contributed by atoms with E-state index in [0.717, 1.165) is 30.2 Å². The Kier molecular flexibility index (Phi) is 7.59. The van der Waals surface area contributed by atoms with Crippen molar-refractivity contribution >= 4 is 12.0 Å². The van der Waals surface area contributed by atoms with Crippen molar-refractivity contribution in [2.45, 2.75) is 39.2 Å². The molecule has 0 saturated carbocycles. The van der Waals surface area contributed by atoms with Crippen molar-refractivity contribution in [3.63, 3.8) is 0 Å². The molecule has 1 aromatic rings. The molecule has 0 radical (unpaired) electrons. The lowest BCUT2D eigenvalue weighted by atomic mass is 10.1. The van der Waals surface area contributed by atoms with Crippen LogP contribution in [0, 0.1) is 0 Å². The molecule has 1 N–H and O–H groups in total. The Hall–Kier alpha value is -1.61. The average Bonchev–Trinajstić information content (AvgIpc) is 2.41. The summed E-state index contributed by atoms with van der Waals surface area (Å²) in [6, 6.07) is 7.70. The van der Waals surface area contributed by atoms with Crippen molar-refractivity contribution in [3.05, 3.63) is 41.5 Å². The molecule has 0 saturated heterocycles. The lowest BCUT2D eigenvalue weighted by molar-refractivity contribution is -0.131. The lowest BCUT2D eigenvalue weighted by Crippen LogP contribution is -1.98. The molecule has 0 atom stereocenters. The van der Waals surface area contributed by atoms with Crippen molar-refractivity contribution in [2.24, 2.45) is 0 Å². The highest BCUT2D eigenvalue weighted by atomic mass is 16.5. The maximum Gasteiger partial charge on any atom is 0.328 e. The summed E-state index contributed by atoms with van der Waals surface area (Å²) < 4.78 is 5.63. The molecule has 0 heterocycles. The summed E-state index contributed by atoms with van der Waals surface area (Å²) in [7, 11) is 0. The SMILES string of the molecule is CCCCCCOCc1ccccc1/C=C/C(=O)O. The average molecular weight is 262 g/mol. The number of carboxylic acid groups (broad SMARTS) is 1. The van der Waals surface area contributed by atoms with E-state index in [1.807, 2.05) is 24.3 Å². The van der Waals surface area contributed by atoms with Crippen molar-refractivity contribution < 1.29 is 14.6 Å². The van der Waals surface area contributed by atoms with E-state index in [4.69, 9.17) is 9.84 Å². The monoisotopic (exact) mass is 262 g/mol. The smallest absolute Gasteiger partial charge is 0.328 e. The minimum atomic E-state index is -0.935. The number of unbranched alkanes of at least 4 members (excludes halogenated alkanes) is 3. The first-order valence-corrected chi connectivity index (χ1v) is 6.80.